The summed E-state index contributed by atoms with van der Waals surface area (Å²) in [5.41, 5.74) is 2.36. The van der Waals surface area contributed by atoms with Crippen molar-refractivity contribution in [3.63, 3.8) is 0 Å². The average Bonchev–Trinajstić information content (AvgIpc) is 2.46. The fourth-order valence-corrected chi connectivity index (χ4v) is 2.73. The van der Waals surface area contributed by atoms with Crippen LogP contribution in [0.4, 0.5) is 10.5 Å². The molecule has 2 N–H and O–H groups in total. The van der Waals surface area contributed by atoms with Gasteiger partial charge in [-0.15, -0.1) is 0 Å². The molecule has 2 amide bonds. The van der Waals surface area contributed by atoms with Gasteiger partial charge in [0.25, 0.3) is 0 Å². The second kappa shape index (κ2) is 7.09. The summed E-state index contributed by atoms with van der Waals surface area (Å²) in [6, 6.07) is 16.0. The van der Waals surface area contributed by atoms with Gasteiger partial charge in [0, 0.05) is 18.5 Å². The molecule has 0 saturated carbocycles. The third-order valence-electron chi connectivity index (χ3n) is 2.94. The molecule has 0 heterocycles. The molecule has 0 atom stereocenters. The number of rotatable bonds is 5. The maximum absolute atomic E-state index is 11.7. The second-order valence-electron chi connectivity index (χ2n) is 5.06. The number of sulfone groups is 1. The Morgan fingerprint density at radius 1 is 0.955 bits per heavy atom. The van der Waals surface area contributed by atoms with Gasteiger partial charge in [0.15, 0.2) is 9.84 Å². The van der Waals surface area contributed by atoms with E-state index < -0.39 is 9.84 Å². The van der Waals surface area contributed by atoms with Crippen LogP contribution < -0.4 is 10.6 Å². The van der Waals surface area contributed by atoms with E-state index >= 15 is 0 Å². The van der Waals surface area contributed by atoms with E-state index in [4.69, 9.17) is 0 Å². The van der Waals surface area contributed by atoms with Crippen LogP contribution in [-0.2, 0) is 22.1 Å². The summed E-state index contributed by atoms with van der Waals surface area (Å²) in [7, 11) is -3.03. The monoisotopic (exact) mass is 318 g/mol. The molecule has 2 rings (SSSR count). The predicted octanol–water partition coefficient (Wildman–Crippen LogP) is 2.55. The van der Waals surface area contributed by atoms with Gasteiger partial charge in [-0.05, 0) is 23.3 Å². The molecule has 2 aromatic rings. The number of urea groups is 1. The van der Waals surface area contributed by atoms with Gasteiger partial charge in [0.05, 0.1) is 5.75 Å². The first-order valence-electron chi connectivity index (χ1n) is 6.78. The molecule has 0 fully saturated rings. The highest BCUT2D eigenvalue weighted by Gasteiger charge is 2.05. The van der Waals surface area contributed by atoms with Crippen molar-refractivity contribution in [3.05, 3.63) is 65.7 Å². The predicted molar refractivity (Wildman–Crippen MR) is 87.3 cm³/mol. The topological polar surface area (TPSA) is 75.3 Å². The first-order valence-corrected chi connectivity index (χ1v) is 8.84. The summed E-state index contributed by atoms with van der Waals surface area (Å²) in [5, 5.41) is 5.47. The van der Waals surface area contributed by atoms with Crippen LogP contribution in [0.3, 0.4) is 0 Å². The number of nitrogens with one attached hydrogen (secondary N) is 2. The van der Waals surface area contributed by atoms with Gasteiger partial charge in [-0.3, -0.25) is 0 Å². The van der Waals surface area contributed by atoms with Gasteiger partial charge in [0.1, 0.15) is 0 Å². The average molecular weight is 318 g/mol. The van der Waals surface area contributed by atoms with Crippen molar-refractivity contribution in [1.82, 2.24) is 5.32 Å². The van der Waals surface area contributed by atoms with Crippen molar-refractivity contribution >= 4 is 21.6 Å². The SMILES string of the molecule is CS(=O)(=O)Cc1ccc(CNC(=O)Nc2ccccc2)cc1. The number of carbonyl (C=O) groups is 1. The van der Waals surface area contributed by atoms with Gasteiger partial charge < -0.3 is 10.6 Å². The van der Waals surface area contributed by atoms with Gasteiger partial charge in [-0.1, -0.05) is 42.5 Å². The minimum atomic E-state index is -3.03. The van der Waals surface area contributed by atoms with Crippen molar-refractivity contribution in [2.75, 3.05) is 11.6 Å². The van der Waals surface area contributed by atoms with Crippen molar-refractivity contribution < 1.29 is 13.2 Å². The van der Waals surface area contributed by atoms with Crippen LogP contribution in [0.2, 0.25) is 0 Å². The summed E-state index contributed by atoms with van der Waals surface area (Å²) in [4.78, 5) is 11.7. The fourth-order valence-electron chi connectivity index (χ4n) is 1.94. The Morgan fingerprint density at radius 3 is 2.14 bits per heavy atom. The van der Waals surface area contributed by atoms with Gasteiger partial charge in [-0.25, -0.2) is 13.2 Å². The second-order valence-corrected chi connectivity index (χ2v) is 7.20. The minimum absolute atomic E-state index is 0.0230. The van der Waals surface area contributed by atoms with E-state index in [1.807, 2.05) is 30.3 Å². The Balaban J connectivity index is 1.85. The molecular formula is C16H18N2O3S. The van der Waals surface area contributed by atoms with Crippen LogP contribution in [0.15, 0.2) is 54.6 Å². The molecule has 0 unspecified atom stereocenters. The molecule has 0 aliphatic heterocycles. The normalized spacial score (nSPS) is 11.0. The van der Waals surface area contributed by atoms with Crippen LogP contribution in [0.25, 0.3) is 0 Å². The zero-order chi connectivity index (χ0) is 16.0. The molecule has 0 aliphatic rings. The molecule has 5 nitrogen and oxygen atoms in total. The molecule has 116 valence electrons. The molecular weight excluding hydrogens is 300 g/mol. The highest BCUT2D eigenvalue weighted by molar-refractivity contribution is 7.89. The maximum atomic E-state index is 11.7. The van der Waals surface area contributed by atoms with Gasteiger partial charge >= 0.3 is 6.03 Å². The van der Waals surface area contributed by atoms with Crippen molar-refractivity contribution in [3.8, 4) is 0 Å². The third kappa shape index (κ3) is 5.57. The molecule has 0 aromatic heterocycles. The molecule has 0 saturated heterocycles. The van der Waals surface area contributed by atoms with Gasteiger partial charge in [-0.2, -0.15) is 0 Å². The van der Waals surface area contributed by atoms with Crippen molar-refractivity contribution in [2.24, 2.45) is 0 Å². The van der Waals surface area contributed by atoms with Crippen molar-refractivity contribution in [2.45, 2.75) is 12.3 Å². The lowest BCUT2D eigenvalue weighted by Gasteiger charge is -2.08. The van der Waals surface area contributed by atoms with E-state index in [0.29, 0.717) is 6.54 Å². The van der Waals surface area contributed by atoms with E-state index in [1.54, 1.807) is 24.3 Å². The Kier molecular flexibility index (Phi) is 5.16. The zero-order valence-corrected chi connectivity index (χ0v) is 13.1. The first-order chi connectivity index (χ1) is 10.4. The lowest BCUT2D eigenvalue weighted by atomic mass is 10.1. The largest absolute Gasteiger partial charge is 0.334 e. The van der Waals surface area contributed by atoms with Crippen LogP contribution in [-0.4, -0.2) is 20.7 Å². The summed E-state index contributed by atoms with van der Waals surface area (Å²) >= 11 is 0. The number of anilines is 1. The molecule has 0 radical (unpaired) electrons. The highest BCUT2D eigenvalue weighted by Crippen LogP contribution is 2.08. The van der Waals surface area contributed by atoms with E-state index in [-0.39, 0.29) is 11.8 Å². The zero-order valence-electron chi connectivity index (χ0n) is 12.2. The maximum Gasteiger partial charge on any atom is 0.319 e. The van der Waals surface area contributed by atoms with E-state index in [1.165, 1.54) is 6.26 Å². The van der Waals surface area contributed by atoms with E-state index in [0.717, 1.165) is 16.8 Å². The lowest BCUT2D eigenvalue weighted by Crippen LogP contribution is -2.28. The number of para-hydroxylation sites is 1. The molecule has 0 aliphatic carbocycles. The number of hydrogen-bond acceptors (Lipinski definition) is 3. The van der Waals surface area contributed by atoms with E-state index in [2.05, 4.69) is 10.6 Å². The number of amides is 2. The third-order valence-corrected chi connectivity index (χ3v) is 3.79. The Bertz CT molecular complexity index is 726. The molecule has 2 aromatic carbocycles. The fraction of sp³-hybridized carbons (Fsp3) is 0.188. The van der Waals surface area contributed by atoms with Crippen molar-refractivity contribution in [1.29, 1.82) is 0 Å². The highest BCUT2D eigenvalue weighted by atomic mass is 32.2. The summed E-state index contributed by atoms with van der Waals surface area (Å²) in [6.45, 7) is 0.373. The quantitative estimate of drug-likeness (QED) is 0.889. The van der Waals surface area contributed by atoms with Gasteiger partial charge in [0.2, 0.25) is 0 Å². The van der Waals surface area contributed by atoms with Crippen LogP contribution in [0.1, 0.15) is 11.1 Å². The number of hydrogen-bond donors (Lipinski definition) is 2. The number of benzene rings is 2. The Morgan fingerprint density at radius 2 is 1.55 bits per heavy atom. The molecule has 6 heteroatoms. The van der Waals surface area contributed by atoms with Crippen LogP contribution in [0, 0.1) is 0 Å². The summed E-state index contributed by atoms with van der Waals surface area (Å²) in [5.74, 6) is 0.0230. The first kappa shape index (κ1) is 16.0. The Hall–Kier alpha value is -2.34. The summed E-state index contributed by atoms with van der Waals surface area (Å²) < 4.78 is 22.4. The molecule has 22 heavy (non-hydrogen) atoms. The van der Waals surface area contributed by atoms with Crippen LogP contribution in [0.5, 0.6) is 0 Å². The number of carbonyl (C=O) groups excluding carboxylic acids is 1. The van der Waals surface area contributed by atoms with Crippen LogP contribution >= 0.6 is 0 Å². The lowest BCUT2D eigenvalue weighted by molar-refractivity contribution is 0.251. The minimum Gasteiger partial charge on any atom is -0.334 e. The standard InChI is InChI=1S/C16H18N2O3S/c1-22(20,21)12-14-9-7-13(8-10-14)11-17-16(19)18-15-5-3-2-4-6-15/h2-10H,11-12H2,1H3,(H2,17,18,19). The van der Waals surface area contributed by atoms with E-state index in [9.17, 15) is 13.2 Å². The molecule has 0 bridgehead atoms. The molecule has 0 spiro atoms. The smallest absolute Gasteiger partial charge is 0.319 e. The Labute approximate surface area is 130 Å². The summed E-state index contributed by atoms with van der Waals surface area (Å²) in [6.07, 6.45) is 1.20.